The van der Waals surface area contributed by atoms with Crippen LogP contribution in [0.25, 0.3) is 0 Å². The van der Waals surface area contributed by atoms with E-state index in [9.17, 15) is 33.9 Å². The fourth-order valence-corrected chi connectivity index (χ4v) is 9.21. The van der Waals surface area contributed by atoms with Gasteiger partial charge in [0.05, 0.1) is 48.7 Å². The third-order valence-electron chi connectivity index (χ3n) is 13.7. The number of hydrogen-bond donors (Lipinski definition) is 7. The summed E-state index contributed by atoms with van der Waals surface area (Å²) in [6.45, 7) is 14.0. The fraction of sp³-hybridized carbons (Fsp3) is 0.667. The Bertz CT molecular complexity index is 1980. The van der Waals surface area contributed by atoms with Gasteiger partial charge in [-0.3, -0.25) is 24.0 Å². The maximum absolute atomic E-state index is 13.2. The first kappa shape index (κ1) is 60.4. The van der Waals surface area contributed by atoms with E-state index in [-0.39, 0.29) is 73.9 Å². The predicted octanol–water partition coefficient (Wildman–Crippen LogP) is 4.39. The van der Waals surface area contributed by atoms with Crippen molar-refractivity contribution in [2.75, 3.05) is 64.8 Å². The van der Waals surface area contributed by atoms with Crippen molar-refractivity contribution in [1.82, 2.24) is 31.1 Å². The first-order valence-corrected chi connectivity index (χ1v) is 26.3. The lowest BCUT2D eigenvalue weighted by Gasteiger charge is -2.39. The Balaban J connectivity index is 1.15. The van der Waals surface area contributed by atoms with E-state index >= 15 is 0 Å². The van der Waals surface area contributed by atoms with Gasteiger partial charge in [0.15, 0.2) is 0 Å². The molecule has 0 radical (unpaired) electrons. The fourth-order valence-electron chi connectivity index (χ4n) is 9.21. The van der Waals surface area contributed by atoms with E-state index in [1.807, 2.05) is 26.8 Å². The molecular formula is C54H86N8O11. The number of methoxy groups -OCH3 is 1. The Kier molecular flexibility index (Phi) is 26.6. The molecule has 9 atom stereocenters. The van der Waals surface area contributed by atoms with Gasteiger partial charge < -0.3 is 66.2 Å². The molecule has 3 aliphatic rings. The maximum atomic E-state index is 13.2. The number of unbranched alkanes of at least 4 members (excludes halogenated alkanes) is 2. The van der Waals surface area contributed by atoms with Gasteiger partial charge in [0.2, 0.25) is 30.0 Å². The van der Waals surface area contributed by atoms with Crippen LogP contribution < -0.4 is 32.3 Å². The number of allylic oxidation sites excluding steroid dienone is 2. The highest BCUT2D eigenvalue weighted by atomic mass is 16.6. The van der Waals surface area contributed by atoms with Crippen LogP contribution in [0.3, 0.4) is 0 Å². The normalized spacial score (nSPS) is 24.8. The topological polar surface area (TPSA) is 252 Å². The summed E-state index contributed by atoms with van der Waals surface area (Å²) >= 11 is 0. The van der Waals surface area contributed by atoms with Gasteiger partial charge >= 0.3 is 6.09 Å². The molecular weight excluding hydrogens is 937 g/mol. The van der Waals surface area contributed by atoms with Crippen LogP contribution in [0.1, 0.15) is 117 Å². The summed E-state index contributed by atoms with van der Waals surface area (Å²) in [6.07, 6.45) is 16.6. The van der Waals surface area contributed by atoms with E-state index in [2.05, 4.69) is 57.5 Å². The number of carbonyl (C=O) groups is 6. The molecule has 19 heteroatoms. The van der Waals surface area contributed by atoms with Crippen molar-refractivity contribution in [3.05, 3.63) is 65.8 Å². The zero-order valence-corrected chi connectivity index (χ0v) is 44.2. The summed E-state index contributed by atoms with van der Waals surface area (Å²) in [4.78, 5) is 78.1. The quantitative estimate of drug-likeness (QED) is 0.0267. The standard InChI is InChI=1S/C54H86N8O11/c1-38(15-22-48-39(2)32-47(41(4)72-48)60-50(65)23-16-40(3)70-6)14-21-44-33-54(5,69)34-45(73-44)24-29-61-27-11-28-62(31-30-61)53(68)71-36-42-17-19-43(20-18-42)58-52(67)46(12-10-25-55)59-51(66)35-57-49(64)13-8-7-9-26-56-37-63/h14-21,23,37,39-41,44-48,69H,7-13,22,24-36,55H2,1-6H3,(H,56,63)(H,57,64)(H,58,67)(H,59,66)(H,60,65)/b21-14+,23-16-,38-15+/t39?,40?,41?,44-,45-,46?,47?,48?,54?/m1/s1. The second-order valence-electron chi connectivity index (χ2n) is 20.2. The molecule has 19 nitrogen and oxygen atoms in total. The average molecular weight is 1020 g/mol. The second-order valence-corrected chi connectivity index (χ2v) is 20.2. The molecule has 0 aliphatic carbocycles. The Morgan fingerprint density at radius 3 is 2.51 bits per heavy atom. The van der Waals surface area contributed by atoms with Gasteiger partial charge in [-0.15, -0.1) is 0 Å². The van der Waals surface area contributed by atoms with Gasteiger partial charge in [-0.05, 0) is 116 Å². The lowest BCUT2D eigenvalue weighted by molar-refractivity contribution is -0.128. The average Bonchev–Trinajstić information content (AvgIpc) is 3.61. The summed E-state index contributed by atoms with van der Waals surface area (Å²) in [6, 6.07) is 6.00. The van der Waals surface area contributed by atoms with Gasteiger partial charge in [0.1, 0.15) is 12.6 Å². The lowest BCUT2D eigenvalue weighted by atomic mass is 9.87. The van der Waals surface area contributed by atoms with Gasteiger partial charge in [-0.1, -0.05) is 55.4 Å². The van der Waals surface area contributed by atoms with Gasteiger partial charge in [0, 0.05) is 70.9 Å². The molecule has 4 rings (SSSR count). The molecule has 3 aliphatic heterocycles. The molecule has 73 heavy (non-hydrogen) atoms. The third-order valence-corrected chi connectivity index (χ3v) is 13.7. The molecule has 8 N–H and O–H groups in total. The zero-order valence-electron chi connectivity index (χ0n) is 44.2. The van der Waals surface area contributed by atoms with Gasteiger partial charge in [-0.2, -0.15) is 0 Å². The monoisotopic (exact) mass is 1020 g/mol. The van der Waals surface area contributed by atoms with Crippen molar-refractivity contribution in [2.45, 2.75) is 166 Å². The van der Waals surface area contributed by atoms with Crippen molar-refractivity contribution in [2.24, 2.45) is 11.7 Å². The number of rotatable bonds is 28. The summed E-state index contributed by atoms with van der Waals surface area (Å²) in [5.74, 6) is -1.07. The molecule has 0 bridgehead atoms. The van der Waals surface area contributed by atoms with Gasteiger partial charge in [0.25, 0.3) is 0 Å². The van der Waals surface area contributed by atoms with Crippen molar-refractivity contribution in [3.63, 3.8) is 0 Å². The number of amides is 6. The predicted molar refractivity (Wildman–Crippen MR) is 280 cm³/mol. The van der Waals surface area contributed by atoms with E-state index in [0.29, 0.717) is 76.9 Å². The number of hydrogen-bond acceptors (Lipinski definition) is 13. The third kappa shape index (κ3) is 23.3. The SMILES string of the molecule is COC(C)/C=C\C(=O)NC1CC(C)C(C/C=C(C)/C=C/[C@@H]2CC(C)(O)C[C@@H](CCN3CCCN(C(=O)OCc4ccc(NC(=O)C(CCCN)NC(=O)CNC(=O)CCCCCNC=O)cc4)CC3)O2)OC1C. The zero-order chi connectivity index (χ0) is 53.2. The van der Waals surface area contributed by atoms with Crippen molar-refractivity contribution >= 4 is 41.8 Å². The van der Waals surface area contributed by atoms with Crippen LogP contribution in [-0.2, 0) is 49.5 Å². The summed E-state index contributed by atoms with van der Waals surface area (Å²) < 4.78 is 23.8. The molecule has 0 saturated carbocycles. The number of nitrogens with zero attached hydrogens (tertiary/aromatic N) is 2. The van der Waals surface area contributed by atoms with Gasteiger partial charge in [-0.25, -0.2) is 4.79 Å². The van der Waals surface area contributed by atoms with Crippen LogP contribution in [0.4, 0.5) is 10.5 Å². The van der Waals surface area contributed by atoms with E-state index < -0.39 is 29.6 Å². The Morgan fingerprint density at radius 1 is 0.986 bits per heavy atom. The second kappa shape index (κ2) is 32.2. The minimum absolute atomic E-state index is 0.0381. The molecule has 0 aromatic heterocycles. The van der Waals surface area contributed by atoms with E-state index in [4.69, 9.17) is 24.7 Å². The smallest absolute Gasteiger partial charge is 0.410 e. The van der Waals surface area contributed by atoms with E-state index in [1.54, 1.807) is 42.4 Å². The Hall–Kier alpha value is -5.18. The summed E-state index contributed by atoms with van der Waals surface area (Å²) in [5.41, 5.74) is 7.16. The maximum Gasteiger partial charge on any atom is 0.410 e. The summed E-state index contributed by atoms with van der Waals surface area (Å²) in [7, 11) is 1.61. The number of carbonyl (C=O) groups excluding carboxylic acids is 6. The molecule has 1 aromatic carbocycles. The van der Waals surface area contributed by atoms with Crippen molar-refractivity contribution < 1.29 is 52.8 Å². The molecule has 7 unspecified atom stereocenters. The van der Waals surface area contributed by atoms with Crippen LogP contribution in [-0.4, -0.2) is 159 Å². The van der Waals surface area contributed by atoms with Crippen LogP contribution in [0.15, 0.2) is 60.2 Å². The lowest BCUT2D eigenvalue weighted by Crippen LogP contribution is -2.50. The molecule has 1 aromatic rings. The number of anilines is 1. The minimum Gasteiger partial charge on any atom is -0.445 e. The van der Waals surface area contributed by atoms with Crippen LogP contribution >= 0.6 is 0 Å². The number of nitrogens with two attached hydrogens (primary N) is 1. The number of ether oxygens (including phenoxy) is 4. The van der Waals surface area contributed by atoms with Crippen LogP contribution in [0.2, 0.25) is 0 Å². The largest absolute Gasteiger partial charge is 0.445 e. The number of nitrogens with one attached hydrogen (secondary N) is 5. The van der Waals surface area contributed by atoms with E-state index in [1.165, 1.54) is 6.08 Å². The molecule has 3 saturated heterocycles. The number of benzene rings is 1. The Labute approximate surface area is 433 Å². The number of aliphatic hydroxyl groups is 1. The first-order valence-electron chi connectivity index (χ1n) is 26.3. The first-order chi connectivity index (χ1) is 35.0. The van der Waals surface area contributed by atoms with Crippen LogP contribution in [0.5, 0.6) is 0 Å². The molecule has 3 heterocycles. The molecule has 3 fully saturated rings. The highest BCUT2D eigenvalue weighted by Crippen LogP contribution is 2.32. The molecule has 0 spiro atoms. The van der Waals surface area contributed by atoms with Crippen molar-refractivity contribution in [1.29, 1.82) is 0 Å². The minimum atomic E-state index is -0.861. The highest BCUT2D eigenvalue weighted by Gasteiger charge is 2.36. The van der Waals surface area contributed by atoms with Crippen molar-refractivity contribution in [3.8, 4) is 0 Å². The highest BCUT2D eigenvalue weighted by molar-refractivity contribution is 5.97. The molecule has 408 valence electrons. The van der Waals surface area contributed by atoms with Crippen LogP contribution in [0, 0.1) is 5.92 Å². The van der Waals surface area contributed by atoms with E-state index in [0.717, 1.165) is 62.8 Å². The molecule has 6 amide bonds. The summed E-state index contributed by atoms with van der Waals surface area (Å²) in [5, 5.41) is 25.0. The Morgan fingerprint density at radius 2 is 1.77 bits per heavy atom.